The Morgan fingerprint density at radius 3 is 2.42 bits per heavy atom. The molecule has 136 valence electrons. The Morgan fingerprint density at radius 2 is 1.81 bits per heavy atom. The monoisotopic (exact) mass is 371 g/mol. The average Bonchev–Trinajstić information content (AvgIpc) is 3.14. The van der Waals surface area contributed by atoms with Crippen molar-refractivity contribution in [3.63, 3.8) is 0 Å². The molecule has 1 aliphatic heterocycles. The molecule has 0 saturated carbocycles. The fraction of sp³-hybridized carbons (Fsp3) is 0.300. The van der Waals surface area contributed by atoms with Gasteiger partial charge in [0, 0.05) is 42.1 Å². The van der Waals surface area contributed by atoms with Crippen LogP contribution in [0.1, 0.15) is 19.8 Å². The van der Waals surface area contributed by atoms with Crippen LogP contribution >= 0.6 is 11.6 Å². The molecule has 1 N–H and O–H groups in total. The first kappa shape index (κ1) is 18.3. The van der Waals surface area contributed by atoms with E-state index in [1.165, 1.54) is 24.7 Å². The Morgan fingerprint density at radius 1 is 1.12 bits per heavy atom. The van der Waals surface area contributed by atoms with E-state index < -0.39 is 0 Å². The number of nitrogens with one attached hydrogen (secondary N) is 1. The van der Waals surface area contributed by atoms with E-state index in [2.05, 4.69) is 10.2 Å². The summed E-state index contributed by atoms with van der Waals surface area (Å²) in [7, 11) is 0. The highest BCUT2D eigenvalue weighted by Gasteiger charge is 2.17. The van der Waals surface area contributed by atoms with Crippen molar-refractivity contribution in [3.8, 4) is 0 Å². The Kier molecular flexibility index (Phi) is 5.78. The van der Waals surface area contributed by atoms with Crippen LogP contribution in [0.15, 0.2) is 48.5 Å². The van der Waals surface area contributed by atoms with Gasteiger partial charge in [-0.1, -0.05) is 17.7 Å². The second-order valence-corrected chi connectivity index (χ2v) is 6.81. The molecule has 1 fully saturated rings. The van der Waals surface area contributed by atoms with Crippen LogP contribution in [-0.2, 0) is 9.59 Å². The molecular weight excluding hydrogens is 350 g/mol. The smallest absolute Gasteiger partial charge is 0.244 e. The van der Waals surface area contributed by atoms with Crippen LogP contribution in [0.2, 0.25) is 5.02 Å². The van der Waals surface area contributed by atoms with Crippen LogP contribution in [0.25, 0.3) is 0 Å². The minimum absolute atomic E-state index is 0.0507. The number of hydrogen-bond donors (Lipinski definition) is 1. The van der Waals surface area contributed by atoms with Crippen LogP contribution in [0.4, 0.5) is 17.1 Å². The highest BCUT2D eigenvalue weighted by atomic mass is 35.5. The third-order valence-electron chi connectivity index (χ3n) is 4.42. The molecule has 6 heteroatoms. The average molecular weight is 372 g/mol. The van der Waals surface area contributed by atoms with Gasteiger partial charge in [-0.15, -0.1) is 0 Å². The van der Waals surface area contributed by atoms with Crippen LogP contribution in [0.3, 0.4) is 0 Å². The third kappa shape index (κ3) is 4.55. The number of hydrogen-bond acceptors (Lipinski definition) is 3. The van der Waals surface area contributed by atoms with E-state index in [0.717, 1.165) is 18.8 Å². The highest BCUT2D eigenvalue weighted by molar-refractivity contribution is 6.30. The Balaban J connectivity index is 1.68. The van der Waals surface area contributed by atoms with Crippen molar-refractivity contribution >= 4 is 40.5 Å². The molecule has 0 bridgehead atoms. The first-order valence-corrected chi connectivity index (χ1v) is 9.09. The molecule has 0 spiro atoms. The Bertz CT molecular complexity index is 786. The lowest BCUT2D eigenvalue weighted by molar-refractivity contribution is -0.120. The molecule has 0 aromatic heterocycles. The summed E-state index contributed by atoms with van der Waals surface area (Å²) in [5.41, 5.74) is 2.47. The molecule has 1 aliphatic rings. The minimum Gasteiger partial charge on any atom is -0.372 e. The Hall–Kier alpha value is -2.53. The molecule has 2 aromatic rings. The van der Waals surface area contributed by atoms with Gasteiger partial charge in [-0.05, 0) is 55.3 Å². The molecule has 5 nitrogen and oxygen atoms in total. The van der Waals surface area contributed by atoms with Gasteiger partial charge < -0.3 is 15.1 Å². The van der Waals surface area contributed by atoms with Gasteiger partial charge in [0.1, 0.15) is 6.54 Å². The third-order valence-corrected chi connectivity index (χ3v) is 4.66. The summed E-state index contributed by atoms with van der Waals surface area (Å²) in [6.07, 6.45) is 2.43. The Labute approximate surface area is 158 Å². The predicted molar refractivity (Wildman–Crippen MR) is 106 cm³/mol. The first-order valence-electron chi connectivity index (χ1n) is 8.71. The standard InChI is InChI=1S/C20H22ClN3O2/c1-15(25)24(14-20(26)22-17-6-4-5-16(21)13-17)19-9-7-18(8-10-19)23-11-2-3-12-23/h4-10,13H,2-3,11-12,14H2,1H3,(H,22,26). The number of anilines is 3. The minimum atomic E-state index is -0.272. The molecule has 2 aromatic carbocycles. The van der Waals surface area contributed by atoms with Gasteiger partial charge in [0.2, 0.25) is 11.8 Å². The topological polar surface area (TPSA) is 52.7 Å². The largest absolute Gasteiger partial charge is 0.372 e. The lowest BCUT2D eigenvalue weighted by Gasteiger charge is -2.23. The number of halogens is 1. The van der Waals surface area contributed by atoms with Crippen molar-refractivity contribution in [2.24, 2.45) is 0 Å². The maximum absolute atomic E-state index is 12.3. The summed E-state index contributed by atoms with van der Waals surface area (Å²) >= 11 is 5.93. The zero-order valence-electron chi connectivity index (χ0n) is 14.7. The van der Waals surface area contributed by atoms with Gasteiger partial charge in [0.25, 0.3) is 0 Å². The maximum Gasteiger partial charge on any atom is 0.244 e. The number of benzene rings is 2. The van der Waals surface area contributed by atoms with Gasteiger partial charge in [0.15, 0.2) is 0 Å². The maximum atomic E-state index is 12.3. The number of amides is 2. The van der Waals surface area contributed by atoms with Crippen LogP contribution in [-0.4, -0.2) is 31.4 Å². The molecule has 26 heavy (non-hydrogen) atoms. The molecule has 1 heterocycles. The summed E-state index contributed by atoms with van der Waals surface area (Å²) < 4.78 is 0. The second kappa shape index (κ2) is 8.23. The number of rotatable bonds is 5. The number of carbonyl (C=O) groups is 2. The quantitative estimate of drug-likeness (QED) is 0.866. The molecular formula is C20H22ClN3O2. The number of nitrogens with zero attached hydrogens (tertiary/aromatic N) is 2. The van der Waals surface area contributed by atoms with Gasteiger partial charge in [0.05, 0.1) is 0 Å². The summed E-state index contributed by atoms with van der Waals surface area (Å²) in [4.78, 5) is 28.2. The van der Waals surface area contributed by atoms with E-state index in [-0.39, 0.29) is 18.4 Å². The van der Waals surface area contributed by atoms with Crippen molar-refractivity contribution in [2.75, 3.05) is 34.8 Å². The molecule has 1 saturated heterocycles. The van der Waals surface area contributed by atoms with E-state index in [1.807, 2.05) is 24.3 Å². The summed E-state index contributed by atoms with van der Waals surface area (Å²) in [5, 5.41) is 3.31. The van der Waals surface area contributed by atoms with Crippen LogP contribution in [0.5, 0.6) is 0 Å². The lowest BCUT2D eigenvalue weighted by Crippen LogP contribution is -2.36. The van der Waals surface area contributed by atoms with E-state index in [9.17, 15) is 9.59 Å². The van der Waals surface area contributed by atoms with Crippen molar-refractivity contribution in [3.05, 3.63) is 53.6 Å². The molecule has 0 atom stereocenters. The van der Waals surface area contributed by atoms with Crippen molar-refractivity contribution in [2.45, 2.75) is 19.8 Å². The first-order chi connectivity index (χ1) is 12.5. The zero-order chi connectivity index (χ0) is 18.5. The van der Waals surface area contributed by atoms with Crippen molar-refractivity contribution < 1.29 is 9.59 Å². The molecule has 2 amide bonds. The van der Waals surface area contributed by atoms with Gasteiger partial charge >= 0.3 is 0 Å². The van der Waals surface area contributed by atoms with Gasteiger partial charge in [-0.3, -0.25) is 9.59 Å². The molecule has 0 unspecified atom stereocenters. The van der Waals surface area contributed by atoms with Crippen LogP contribution < -0.4 is 15.1 Å². The molecule has 3 rings (SSSR count). The van der Waals surface area contributed by atoms with Crippen molar-refractivity contribution in [1.82, 2.24) is 0 Å². The molecule has 0 radical (unpaired) electrons. The van der Waals surface area contributed by atoms with E-state index in [4.69, 9.17) is 11.6 Å². The molecule has 0 aliphatic carbocycles. The van der Waals surface area contributed by atoms with Crippen molar-refractivity contribution in [1.29, 1.82) is 0 Å². The van der Waals surface area contributed by atoms with E-state index in [0.29, 0.717) is 16.4 Å². The highest BCUT2D eigenvalue weighted by Crippen LogP contribution is 2.24. The second-order valence-electron chi connectivity index (χ2n) is 6.37. The lowest BCUT2D eigenvalue weighted by atomic mass is 10.2. The number of carbonyl (C=O) groups excluding carboxylic acids is 2. The van der Waals surface area contributed by atoms with Crippen LogP contribution in [0, 0.1) is 0 Å². The zero-order valence-corrected chi connectivity index (χ0v) is 15.5. The van der Waals surface area contributed by atoms with Gasteiger partial charge in [-0.25, -0.2) is 0 Å². The normalized spacial score (nSPS) is 13.5. The van der Waals surface area contributed by atoms with Gasteiger partial charge in [-0.2, -0.15) is 0 Å². The fourth-order valence-electron chi connectivity index (χ4n) is 3.11. The predicted octanol–water partition coefficient (Wildman–Crippen LogP) is 3.93. The summed E-state index contributed by atoms with van der Waals surface area (Å²) in [6.45, 7) is 3.54. The SMILES string of the molecule is CC(=O)N(CC(=O)Nc1cccc(Cl)c1)c1ccc(N2CCCC2)cc1. The summed E-state index contributed by atoms with van der Waals surface area (Å²) in [6, 6.07) is 14.7. The van der Waals surface area contributed by atoms with E-state index in [1.54, 1.807) is 24.3 Å². The fourth-order valence-corrected chi connectivity index (χ4v) is 3.30. The van der Waals surface area contributed by atoms with E-state index >= 15 is 0 Å². The summed E-state index contributed by atoms with van der Waals surface area (Å²) in [5.74, 6) is -0.453.